The van der Waals surface area contributed by atoms with E-state index >= 15 is 0 Å². The molecule has 0 unspecified atom stereocenters. The first kappa shape index (κ1) is 19.1. The lowest BCUT2D eigenvalue weighted by Gasteiger charge is -2.21. The smallest absolute Gasteiger partial charge is 0.238 e. The molecule has 0 aliphatic carbocycles. The second-order valence-corrected chi connectivity index (χ2v) is 7.55. The van der Waals surface area contributed by atoms with Crippen LogP contribution in [0.15, 0.2) is 58.7 Å². The third kappa shape index (κ3) is 5.67. The molecule has 1 atom stereocenters. The van der Waals surface area contributed by atoms with Crippen LogP contribution in [0.1, 0.15) is 17.5 Å². The number of hydrogen-bond donors (Lipinski definition) is 2. The molecule has 8 heteroatoms. The van der Waals surface area contributed by atoms with Gasteiger partial charge in [0, 0.05) is 17.1 Å². The second kappa shape index (κ2) is 8.83. The van der Waals surface area contributed by atoms with Gasteiger partial charge in [0.25, 0.3) is 0 Å². The number of hydrogen-bond acceptors (Lipinski definition) is 5. The third-order valence-corrected chi connectivity index (χ3v) is 5.00. The number of benzene rings is 2. The van der Waals surface area contributed by atoms with Crippen molar-refractivity contribution in [1.29, 1.82) is 0 Å². The van der Waals surface area contributed by atoms with Crippen LogP contribution in [0.2, 0.25) is 5.02 Å². The number of amidine groups is 1. The highest BCUT2D eigenvalue weighted by Gasteiger charge is 2.30. The molecule has 0 radical (unpaired) electrons. The molecule has 1 aliphatic rings. The Morgan fingerprint density at radius 2 is 2.07 bits per heavy atom. The summed E-state index contributed by atoms with van der Waals surface area (Å²) < 4.78 is 0. The van der Waals surface area contributed by atoms with Gasteiger partial charge in [-0.15, -0.1) is 5.10 Å². The van der Waals surface area contributed by atoms with E-state index in [2.05, 4.69) is 20.8 Å². The summed E-state index contributed by atoms with van der Waals surface area (Å²) >= 11 is 7.01. The fourth-order valence-corrected chi connectivity index (χ4v) is 3.44. The fourth-order valence-electron chi connectivity index (χ4n) is 2.38. The van der Waals surface area contributed by atoms with Gasteiger partial charge < -0.3 is 10.6 Å². The van der Waals surface area contributed by atoms with E-state index in [1.54, 1.807) is 30.5 Å². The van der Waals surface area contributed by atoms with Crippen LogP contribution < -0.4 is 10.6 Å². The number of aryl methyl sites for hydroxylation is 1. The van der Waals surface area contributed by atoms with Crippen molar-refractivity contribution in [3.8, 4) is 0 Å². The topological polar surface area (TPSA) is 82.9 Å². The highest BCUT2D eigenvalue weighted by Crippen LogP contribution is 2.22. The number of carbonyl (C=O) groups excluding carboxylic acids is 2. The Kier molecular flexibility index (Phi) is 6.26. The van der Waals surface area contributed by atoms with E-state index in [1.807, 2.05) is 31.2 Å². The Labute approximate surface area is 166 Å². The Morgan fingerprint density at radius 3 is 2.81 bits per heavy atom. The van der Waals surface area contributed by atoms with E-state index < -0.39 is 5.25 Å². The minimum Gasteiger partial charge on any atom is -0.325 e. The lowest BCUT2D eigenvalue weighted by Crippen LogP contribution is -2.41. The molecule has 1 heterocycles. The van der Waals surface area contributed by atoms with Crippen LogP contribution in [0.5, 0.6) is 0 Å². The summed E-state index contributed by atoms with van der Waals surface area (Å²) in [5, 5.41) is 13.8. The highest BCUT2D eigenvalue weighted by molar-refractivity contribution is 8.15. The molecule has 0 saturated carbocycles. The second-order valence-electron chi connectivity index (χ2n) is 5.92. The number of carbonyl (C=O) groups is 2. The highest BCUT2D eigenvalue weighted by atomic mass is 35.5. The van der Waals surface area contributed by atoms with E-state index in [0.29, 0.717) is 15.9 Å². The van der Waals surface area contributed by atoms with Gasteiger partial charge in [-0.05, 0) is 42.3 Å². The molecule has 0 aromatic heterocycles. The van der Waals surface area contributed by atoms with E-state index in [4.69, 9.17) is 11.6 Å². The number of amides is 2. The minimum atomic E-state index is -0.566. The Hall–Kier alpha value is -2.64. The first-order chi connectivity index (χ1) is 13.0. The van der Waals surface area contributed by atoms with Crippen molar-refractivity contribution in [2.45, 2.75) is 18.6 Å². The Balaban J connectivity index is 1.65. The fraction of sp³-hybridized carbons (Fsp3) is 0.158. The number of nitrogens with zero attached hydrogens (tertiary/aromatic N) is 2. The van der Waals surface area contributed by atoms with Gasteiger partial charge in [0.1, 0.15) is 5.25 Å². The molecule has 2 amide bonds. The zero-order chi connectivity index (χ0) is 19.2. The SMILES string of the molecule is Cc1cccc(NC(=O)[C@H]2CC(=O)NC(=NN=Cc3ccc(Cl)cc3)S2)c1. The van der Waals surface area contributed by atoms with Crippen molar-refractivity contribution >= 4 is 52.2 Å². The standard InChI is InChI=1S/C19H17ClN4O2S/c1-12-3-2-4-15(9-12)22-18(26)16-10-17(25)23-19(27-16)24-21-11-13-5-7-14(20)8-6-13/h2-9,11,16H,10H2,1H3,(H,22,26)(H,23,24,25)/t16-/m1/s1. The summed E-state index contributed by atoms with van der Waals surface area (Å²) in [7, 11) is 0. The summed E-state index contributed by atoms with van der Waals surface area (Å²) in [6, 6.07) is 14.6. The van der Waals surface area contributed by atoms with Crippen LogP contribution in [0.25, 0.3) is 0 Å². The first-order valence-corrected chi connectivity index (χ1v) is 9.46. The van der Waals surface area contributed by atoms with Crippen LogP contribution in [0.4, 0.5) is 5.69 Å². The quantitative estimate of drug-likeness (QED) is 0.607. The van der Waals surface area contributed by atoms with Gasteiger partial charge in [-0.1, -0.05) is 47.6 Å². The normalized spacial score (nSPS) is 18.5. The molecule has 0 spiro atoms. The lowest BCUT2D eigenvalue weighted by molar-refractivity contribution is -0.123. The van der Waals surface area contributed by atoms with Crippen LogP contribution in [0.3, 0.4) is 0 Å². The van der Waals surface area contributed by atoms with Gasteiger partial charge in [0.2, 0.25) is 11.8 Å². The molecule has 1 fully saturated rings. The molecule has 2 N–H and O–H groups in total. The van der Waals surface area contributed by atoms with Gasteiger partial charge in [0.05, 0.1) is 6.21 Å². The molecular weight excluding hydrogens is 384 g/mol. The summed E-state index contributed by atoms with van der Waals surface area (Å²) in [4.78, 5) is 24.4. The number of thioether (sulfide) groups is 1. The molecule has 3 rings (SSSR count). The van der Waals surface area contributed by atoms with Gasteiger partial charge in [0.15, 0.2) is 5.17 Å². The zero-order valence-corrected chi connectivity index (χ0v) is 16.1. The number of halogens is 1. The Morgan fingerprint density at radius 1 is 1.30 bits per heavy atom. The largest absolute Gasteiger partial charge is 0.325 e. The van der Waals surface area contributed by atoms with Crippen LogP contribution in [-0.2, 0) is 9.59 Å². The van der Waals surface area contributed by atoms with E-state index in [0.717, 1.165) is 11.1 Å². The van der Waals surface area contributed by atoms with Crippen molar-refractivity contribution < 1.29 is 9.59 Å². The molecule has 1 aliphatic heterocycles. The first-order valence-electron chi connectivity index (χ1n) is 8.20. The average molecular weight is 401 g/mol. The zero-order valence-electron chi connectivity index (χ0n) is 14.5. The maximum absolute atomic E-state index is 12.5. The summed E-state index contributed by atoms with van der Waals surface area (Å²) in [6.45, 7) is 1.95. The summed E-state index contributed by atoms with van der Waals surface area (Å²) in [5.41, 5.74) is 2.57. The number of anilines is 1. The monoisotopic (exact) mass is 400 g/mol. The van der Waals surface area contributed by atoms with Crippen molar-refractivity contribution in [2.75, 3.05) is 5.32 Å². The molecule has 2 aromatic carbocycles. The van der Waals surface area contributed by atoms with E-state index in [1.165, 1.54) is 11.8 Å². The average Bonchev–Trinajstić information content (AvgIpc) is 2.63. The van der Waals surface area contributed by atoms with Crippen LogP contribution in [0, 0.1) is 6.92 Å². The maximum Gasteiger partial charge on any atom is 0.238 e. The van der Waals surface area contributed by atoms with Crippen molar-refractivity contribution in [1.82, 2.24) is 5.32 Å². The minimum absolute atomic E-state index is 0.0855. The molecule has 1 saturated heterocycles. The van der Waals surface area contributed by atoms with Gasteiger partial charge >= 0.3 is 0 Å². The van der Waals surface area contributed by atoms with Crippen LogP contribution >= 0.6 is 23.4 Å². The summed E-state index contributed by atoms with van der Waals surface area (Å²) in [6.07, 6.45) is 1.63. The number of nitrogens with one attached hydrogen (secondary N) is 2. The predicted octanol–water partition coefficient (Wildman–Crippen LogP) is 3.60. The molecule has 0 bridgehead atoms. The van der Waals surface area contributed by atoms with Crippen LogP contribution in [-0.4, -0.2) is 28.4 Å². The molecule has 6 nitrogen and oxygen atoms in total. The summed E-state index contributed by atoms with van der Waals surface area (Å²) in [5.74, 6) is -0.506. The van der Waals surface area contributed by atoms with E-state index in [-0.39, 0.29) is 18.2 Å². The lowest BCUT2D eigenvalue weighted by atomic mass is 10.2. The van der Waals surface area contributed by atoms with Crippen molar-refractivity contribution in [3.05, 3.63) is 64.7 Å². The Bertz CT molecular complexity index is 912. The molecular formula is C19H17ClN4O2S. The van der Waals surface area contributed by atoms with Gasteiger partial charge in [-0.3, -0.25) is 9.59 Å². The van der Waals surface area contributed by atoms with Crippen molar-refractivity contribution in [3.63, 3.8) is 0 Å². The van der Waals surface area contributed by atoms with Crippen molar-refractivity contribution in [2.24, 2.45) is 10.2 Å². The number of rotatable bonds is 4. The van der Waals surface area contributed by atoms with Gasteiger partial charge in [-0.25, -0.2) is 0 Å². The van der Waals surface area contributed by atoms with Gasteiger partial charge in [-0.2, -0.15) is 5.10 Å². The molecule has 27 heavy (non-hydrogen) atoms. The molecule has 138 valence electrons. The predicted molar refractivity (Wildman–Crippen MR) is 110 cm³/mol. The molecule has 2 aromatic rings. The maximum atomic E-state index is 12.5. The van der Waals surface area contributed by atoms with E-state index in [9.17, 15) is 9.59 Å². The third-order valence-electron chi connectivity index (χ3n) is 3.67.